The first-order chi connectivity index (χ1) is 11.7. The number of nitrogens with one attached hydrogen (secondary N) is 2. The predicted molar refractivity (Wildman–Crippen MR) is 92.7 cm³/mol. The van der Waals surface area contributed by atoms with Gasteiger partial charge in [-0.1, -0.05) is 30.3 Å². The molecule has 5 heteroatoms. The number of benzene rings is 1. The third-order valence-electron chi connectivity index (χ3n) is 3.59. The molecule has 0 aliphatic rings. The minimum absolute atomic E-state index is 0.0590. The number of rotatable bonds is 7. The van der Waals surface area contributed by atoms with E-state index in [1.54, 1.807) is 18.5 Å². The van der Waals surface area contributed by atoms with E-state index in [-0.39, 0.29) is 5.57 Å². The summed E-state index contributed by atoms with van der Waals surface area (Å²) in [6.07, 6.45) is 5.65. The van der Waals surface area contributed by atoms with Gasteiger partial charge in [-0.15, -0.1) is 0 Å². The molecule has 0 radical (unpaired) electrons. The molecule has 0 saturated carbocycles. The molecule has 1 amide bonds. The van der Waals surface area contributed by atoms with Gasteiger partial charge in [-0.05, 0) is 36.1 Å². The number of amides is 1. The maximum Gasteiger partial charge on any atom is 0.263 e. The number of hydrogen-bond acceptors (Lipinski definition) is 4. The predicted octanol–water partition coefficient (Wildman–Crippen LogP) is 2.25. The summed E-state index contributed by atoms with van der Waals surface area (Å²) in [5.41, 5.74) is 3.43. The first-order valence-corrected chi connectivity index (χ1v) is 7.76. The Kier molecular flexibility index (Phi) is 6.54. The van der Waals surface area contributed by atoms with E-state index < -0.39 is 5.91 Å². The van der Waals surface area contributed by atoms with Crippen LogP contribution in [0.3, 0.4) is 0 Å². The van der Waals surface area contributed by atoms with E-state index in [2.05, 4.69) is 34.7 Å². The van der Waals surface area contributed by atoms with Crippen molar-refractivity contribution >= 4 is 5.91 Å². The summed E-state index contributed by atoms with van der Waals surface area (Å²) >= 11 is 0. The molecular weight excluding hydrogens is 300 g/mol. The number of carbonyl (C=O) groups is 1. The Morgan fingerprint density at radius 2 is 2.12 bits per heavy atom. The molecule has 1 aromatic heterocycles. The van der Waals surface area contributed by atoms with Crippen molar-refractivity contribution in [1.82, 2.24) is 15.6 Å². The fourth-order valence-corrected chi connectivity index (χ4v) is 2.20. The Labute approximate surface area is 142 Å². The molecule has 2 N–H and O–H groups in total. The molecule has 122 valence electrons. The molecule has 0 fully saturated rings. The lowest BCUT2D eigenvalue weighted by molar-refractivity contribution is -0.117. The molecule has 0 aliphatic carbocycles. The number of nitrogens with zero attached hydrogens (tertiary/aromatic N) is 2. The van der Waals surface area contributed by atoms with E-state index in [1.807, 2.05) is 24.3 Å². The van der Waals surface area contributed by atoms with E-state index in [1.165, 1.54) is 17.3 Å². The number of hydrogen-bond donors (Lipinski definition) is 2. The zero-order valence-electron chi connectivity index (χ0n) is 13.6. The highest BCUT2D eigenvalue weighted by molar-refractivity contribution is 5.97. The van der Waals surface area contributed by atoms with Crippen LogP contribution in [0.2, 0.25) is 0 Å². The van der Waals surface area contributed by atoms with Gasteiger partial charge in [0.2, 0.25) is 0 Å². The number of pyridine rings is 1. The van der Waals surface area contributed by atoms with Crippen LogP contribution in [0.15, 0.2) is 60.6 Å². The molecule has 0 atom stereocenters. The second-order valence-electron chi connectivity index (χ2n) is 5.34. The number of carbonyl (C=O) groups excluding carboxylic acids is 1. The average Bonchev–Trinajstić information content (AvgIpc) is 2.62. The minimum Gasteiger partial charge on any atom is -0.389 e. The second kappa shape index (κ2) is 9.11. The maximum absolute atomic E-state index is 12.0. The lowest BCUT2D eigenvalue weighted by Crippen LogP contribution is -2.25. The van der Waals surface area contributed by atoms with Crippen molar-refractivity contribution in [2.24, 2.45) is 0 Å². The van der Waals surface area contributed by atoms with Crippen LogP contribution >= 0.6 is 0 Å². The first kappa shape index (κ1) is 17.2. The van der Waals surface area contributed by atoms with Gasteiger partial charge in [0.25, 0.3) is 5.91 Å². The Bertz CT molecular complexity index is 747. The van der Waals surface area contributed by atoms with E-state index in [0.29, 0.717) is 13.1 Å². The van der Waals surface area contributed by atoms with Crippen molar-refractivity contribution in [3.05, 3.63) is 77.3 Å². The zero-order chi connectivity index (χ0) is 17.2. The third-order valence-corrected chi connectivity index (χ3v) is 3.59. The Morgan fingerprint density at radius 1 is 1.29 bits per heavy atom. The van der Waals surface area contributed by atoms with Gasteiger partial charge in [0.1, 0.15) is 11.6 Å². The molecule has 24 heavy (non-hydrogen) atoms. The van der Waals surface area contributed by atoms with Crippen molar-refractivity contribution in [3.8, 4) is 6.07 Å². The van der Waals surface area contributed by atoms with Gasteiger partial charge in [0, 0.05) is 31.7 Å². The zero-order valence-corrected chi connectivity index (χ0v) is 13.6. The van der Waals surface area contributed by atoms with Gasteiger partial charge in [-0.2, -0.15) is 5.26 Å². The van der Waals surface area contributed by atoms with E-state index in [4.69, 9.17) is 5.26 Å². The second-order valence-corrected chi connectivity index (χ2v) is 5.34. The number of aryl methyl sites for hydroxylation is 1. The normalized spacial score (nSPS) is 10.8. The van der Waals surface area contributed by atoms with Crippen LogP contribution in [0.5, 0.6) is 0 Å². The largest absolute Gasteiger partial charge is 0.389 e. The topological polar surface area (TPSA) is 77.8 Å². The quantitative estimate of drug-likeness (QED) is 0.466. The molecule has 0 saturated heterocycles. The van der Waals surface area contributed by atoms with Crippen LogP contribution in [0.1, 0.15) is 16.7 Å². The Hall–Kier alpha value is -3.13. The summed E-state index contributed by atoms with van der Waals surface area (Å²) in [6, 6.07) is 13.7. The number of aromatic nitrogens is 1. The van der Waals surface area contributed by atoms with Crippen molar-refractivity contribution in [2.75, 3.05) is 6.54 Å². The molecule has 0 spiro atoms. The summed E-state index contributed by atoms with van der Waals surface area (Å²) < 4.78 is 0. The molecule has 0 aliphatic heterocycles. The van der Waals surface area contributed by atoms with Crippen LogP contribution in [0.4, 0.5) is 0 Å². The molecule has 0 unspecified atom stereocenters. The molecule has 2 aromatic rings. The summed E-state index contributed by atoms with van der Waals surface area (Å²) in [6.45, 7) is 3.07. The van der Waals surface area contributed by atoms with Crippen LogP contribution in [0.25, 0.3) is 0 Å². The van der Waals surface area contributed by atoms with Gasteiger partial charge in [-0.3, -0.25) is 9.78 Å². The first-order valence-electron chi connectivity index (χ1n) is 7.76. The summed E-state index contributed by atoms with van der Waals surface area (Å²) in [5, 5.41) is 14.9. The highest BCUT2D eigenvalue weighted by Gasteiger charge is 2.08. The summed E-state index contributed by atoms with van der Waals surface area (Å²) in [5.74, 6) is -0.398. The van der Waals surface area contributed by atoms with Crippen molar-refractivity contribution in [2.45, 2.75) is 19.9 Å². The van der Waals surface area contributed by atoms with Gasteiger partial charge >= 0.3 is 0 Å². The molecular formula is C19H20N4O. The smallest absolute Gasteiger partial charge is 0.263 e. The molecule has 0 bridgehead atoms. The monoisotopic (exact) mass is 320 g/mol. The van der Waals surface area contributed by atoms with Gasteiger partial charge in [0.05, 0.1) is 0 Å². The lowest BCUT2D eigenvalue weighted by Gasteiger charge is -2.07. The van der Waals surface area contributed by atoms with Crippen molar-refractivity contribution < 1.29 is 4.79 Å². The molecule has 5 nitrogen and oxygen atoms in total. The minimum atomic E-state index is -0.398. The standard InChI is InChI=1S/C19H20N4O/c1-15-5-2-3-7-17(15)8-10-22-14-18(11-20)19(24)23-13-16-6-4-9-21-12-16/h2-7,9,12,14,22H,8,10,13H2,1H3,(H,23,24)/b18-14-. The van der Waals surface area contributed by atoms with Gasteiger partial charge in [-0.25, -0.2) is 0 Å². The van der Waals surface area contributed by atoms with Crippen LogP contribution in [0, 0.1) is 18.3 Å². The third kappa shape index (κ3) is 5.25. The lowest BCUT2D eigenvalue weighted by atomic mass is 10.1. The highest BCUT2D eigenvalue weighted by Crippen LogP contribution is 2.06. The van der Waals surface area contributed by atoms with Gasteiger partial charge < -0.3 is 10.6 Å². The molecule has 1 aromatic carbocycles. The summed E-state index contributed by atoms with van der Waals surface area (Å²) in [4.78, 5) is 16.0. The van der Waals surface area contributed by atoms with Crippen LogP contribution < -0.4 is 10.6 Å². The highest BCUT2D eigenvalue weighted by atomic mass is 16.1. The molecule has 1 heterocycles. The van der Waals surface area contributed by atoms with E-state index >= 15 is 0 Å². The van der Waals surface area contributed by atoms with Crippen molar-refractivity contribution in [1.29, 1.82) is 5.26 Å². The Morgan fingerprint density at radius 3 is 2.83 bits per heavy atom. The SMILES string of the molecule is Cc1ccccc1CCN/C=C(/C#N)C(=O)NCc1cccnc1. The van der Waals surface area contributed by atoms with Crippen LogP contribution in [-0.4, -0.2) is 17.4 Å². The van der Waals surface area contributed by atoms with E-state index in [0.717, 1.165) is 12.0 Å². The Balaban J connectivity index is 1.81. The van der Waals surface area contributed by atoms with Gasteiger partial charge in [0.15, 0.2) is 0 Å². The number of nitriles is 1. The maximum atomic E-state index is 12.0. The molecule has 2 rings (SSSR count). The van der Waals surface area contributed by atoms with Crippen LogP contribution in [-0.2, 0) is 17.8 Å². The van der Waals surface area contributed by atoms with E-state index in [9.17, 15) is 4.79 Å². The average molecular weight is 320 g/mol. The summed E-state index contributed by atoms with van der Waals surface area (Å²) in [7, 11) is 0. The van der Waals surface area contributed by atoms with Crippen molar-refractivity contribution in [3.63, 3.8) is 0 Å². The fourth-order valence-electron chi connectivity index (χ4n) is 2.20. The fraction of sp³-hybridized carbons (Fsp3) is 0.211.